The van der Waals surface area contributed by atoms with E-state index in [4.69, 9.17) is 0 Å². The van der Waals surface area contributed by atoms with Crippen LogP contribution in [0.5, 0.6) is 0 Å². The van der Waals surface area contributed by atoms with Crippen LogP contribution in [0.2, 0.25) is 0 Å². The van der Waals surface area contributed by atoms with Gasteiger partial charge in [-0.05, 0) is 43.5 Å². The molecule has 0 radical (unpaired) electrons. The second-order valence-electron chi connectivity index (χ2n) is 6.50. The highest BCUT2D eigenvalue weighted by Crippen LogP contribution is 2.15. The van der Waals surface area contributed by atoms with E-state index < -0.39 is 0 Å². The summed E-state index contributed by atoms with van der Waals surface area (Å²) >= 11 is 0. The minimum Gasteiger partial charge on any atom is -0.340 e. The third-order valence-corrected chi connectivity index (χ3v) is 4.87. The van der Waals surface area contributed by atoms with Gasteiger partial charge in [0, 0.05) is 37.7 Å². The summed E-state index contributed by atoms with van der Waals surface area (Å²) in [6, 6.07) is 4.48. The molecule has 0 spiro atoms. The molecular formula is C19H27FN2O2. The first kappa shape index (κ1) is 18.6. The predicted octanol–water partition coefficient (Wildman–Crippen LogP) is 2.90. The molecule has 1 saturated heterocycles. The van der Waals surface area contributed by atoms with Crippen LogP contribution in [-0.4, -0.2) is 54.2 Å². The standard InChI is InChI=1S/C19H27FN2O2/c1-4-15(5-2)19(24)22-10-8-21(9-11-22)13-18(23)16-6-7-17(20)14(3)12-16/h6-7,12,15H,4-5,8-11,13H2,1-3H3. The topological polar surface area (TPSA) is 40.6 Å². The van der Waals surface area contributed by atoms with Gasteiger partial charge >= 0.3 is 0 Å². The van der Waals surface area contributed by atoms with Gasteiger partial charge < -0.3 is 4.90 Å². The smallest absolute Gasteiger partial charge is 0.225 e. The molecule has 24 heavy (non-hydrogen) atoms. The second-order valence-corrected chi connectivity index (χ2v) is 6.50. The average molecular weight is 334 g/mol. The lowest BCUT2D eigenvalue weighted by molar-refractivity contribution is -0.137. The maximum atomic E-state index is 13.3. The van der Waals surface area contributed by atoms with Crippen LogP contribution in [-0.2, 0) is 4.79 Å². The van der Waals surface area contributed by atoms with Gasteiger partial charge in [0.1, 0.15) is 5.82 Å². The number of hydrogen-bond donors (Lipinski definition) is 0. The van der Waals surface area contributed by atoms with Crippen molar-refractivity contribution in [3.63, 3.8) is 0 Å². The van der Waals surface area contributed by atoms with Crippen molar-refractivity contribution in [2.45, 2.75) is 33.6 Å². The Bertz CT molecular complexity index is 591. The molecule has 132 valence electrons. The molecule has 1 fully saturated rings. The molecule has 5 heteroatoms. The number of carbonyl (C=O) groups excluding carboxylic acids is 2. The van der Waals surface area contributed by atoms with Crippen molar-refractivity contribution in [3.8, 4) is 0 Å². The zero-order chi connectivity index (χ0) is 17.7. The monoisotopic (exact) mass is 334 g/mol. The lowest BCUT2D eigenvalue weighted by atomic mass is 10.0. The van der Waals surface area contributed by atoms with Crippen LogP contribution in [0.3, 0.4) is 0 Å². The molecule has 0 bridgehead atoms. The third kappa shape index (κ3) is 4.41. The Morgan fingerprint density at radius 1 is 1.12 bits per heavy atom. The molecule has 1 aromatic rings. The molecule has 0 unspecified atom stereocenters. The number of piperazine rings is 1. The van der Waals surface area contributed by atoms with Crippen molar-refractivity contribution in [2.75, 3.05) is 32.7 Å². The summed E-state index contributed by atoms with van der Waals surface area (Å²) in [5, 5.41) is 0. The number of hydrogen-bond acceptors (Lipinski definition) is 3. The largest absolute Gasteiger partial charge is 0.340 e. The van der Waals surface area contributed by atoms with Gasteiger partial charge in [-0.1, -0.05) is 13.8 Å². The lowest BCUT2D eigenvalue weighted by Gasteiger charge is -2.36. The Morgan fingerprint density at radius 2 is 1.75 bits per heavy atom. The van der Waals surface area contributed by atoms with E-state index in [2.05, 4.69) is 4.90 Å². The van der Waals surface area contributed by atoms with E-state index in [9.17, 15) is 14.0 Å². The Labute approximate surface area is 143 Å². The van der Waals surface area contributed by atoms with Crippen molar-refractivity contribution in [1.82, 2.24) is 9.80 Å². The SMILES string of the molecule is CCC(CC)C(=O)N1CCN(CC(=O)c2ccc(F)c(C)c2)CC1. The highest BCUT2D eigenvalue weighted by atomic mass is 19.1. The number of halogens is 1. The Kier molecular flexibility index (Phi) is 6.49. The molecule has 0 N–H and O–H groups in total. The number of benzene rings is 1. The Balaban J connectivity index is 1.87. The van der Waals surface area contributed by atoms with Crippen molar-refractivity contribution < 1.29 is 14.0 Å². The fourth-order valence-electron chi connectivity index (χ4n) is 3.14. The molecule has 2 rings (SSSR count). The van der Waals surface area contributed by atoms with Gasteiger partial charge in [0.15, 0.2) is 5.78 Å². The van der Waals surface area contributed by atoms with E-state index in [-0.39, 0.29) is 23.4 Å². The normalized spacial score (nSPS) is 15.8. The van der Waals surface area contributed by atoms with Crippen molar-refractivity contribution in [2.24, 2.45) is 5.92 Å². The summed E-state index contributed by atoms with van der Waals surface area (Å²) in [4.78, 5) is 28.7. The number of aryl methyl sites for hydroxylation is 1. The first-order valence-corrected chi connectivity index (χ1v) is 8.76. The molecular weight excluding hydrogens is 307 g/mol. The van der Waals surface area contributed by atoms with Crippen LogP contribution in [0.25, 0.3) is 0 Å². The molecule has 1 aliphatic heterocycles. The second kappa shape index (κ2) is 8.38. The number of Topliss-reactive ketones (excluding diaryl/α,β-unsaturated/α-hetero) is 1. The van der Waals surface area contributed by atoms with E-state index in [1.165, 1.54) is 12.1 Å². The van der Waals surface area contributed by atoms with Crippen LogP contribution in [0.4, 0.5) is 4.39 Å². The number of carbonyl (C=O) groups is 2. The van der Waals surface area contributed by atoms with Gasteiger partial charge in [0.2, 0.25) is 5.91 Å². The summed E-state index contributed by atoms with van der Waals surface area (Å²) in [6.45, 7) is 8.83. The molecule has 0 saturated carbocycles. The maximum absolute atomic E-state index is 13.3. The molecule has 1 heterocycles. The van der Waals surface area contributed by atoms with Gasteiger partial charge in [0.05, 0.1) is 6.54 Å². The van der Waals surface area contributed by atoms with Crippen molar-refractivity contribution in [1.29, 1.82) is 0 Å². The number of ketones is 1. The number of amides is 1. The highest BCUT2D eigenvalue weighted by Gasteiger charge is 2.26. The first-order chi connectivity index (χ1) is 11.5. The average Bonchev–Trinajstić information content (AvgIpc) is 2.59. The summed E-state index contributed by atoms with van der Waals surface area (Å²) in [6.07, 6.45) is 1.75. The summed E-state index contributed by atoms with van der Waals surface area (Å²) in [5.74, 6) is 0.0541. The Hall–Kier alpha value is -1.75. The zero-order valence-electron chi connectivity index (χ0n) is 14.8. The summed E-state index contributed by atoms with van der Waals surface area (Å²) in [7, 11) is 0. The fourth-order valence-corrected chi connectivity index (χ4v) is 3.14. The maximum Gasteiger partial charge on any atom is 0.225 e. The van der Waals surface area contributed by atoms with Crippen LogP contribution in [0, 0.1) is 18.7 Å². The lowest BCUT2D eigenvalue weighted by Crippen LogP contribution is -2.51. The number of rotatable bonds is 6. The highest BCUT2D eigenvalue weighted by molar-refractivity contribution is 5.97. The molecule has 0 atom stereocenters. The molecule has 0 aliphatic carbocycles. The van der Waals surface area contributed by atoms with Crippen LogP contribution >= 0.6 is 0 Å². The van der Waals surface area contributed by atoms with Gasteiger partial charge in [0.25, 0.3) is 0 Å². The van der Waals surface area contributed by atoms with Crippen LogP contribution in [0.15, 0.2) is 18.2 Å². The predicted molar refractivity (Wildman–Crippen MR) is 92.6 cm³/mol. The number of nitrogens with zero attached hydrogens (tertiary/aromatic N) is 2. The molecule has 4 nitrogen and oxygen atoms in total. The molecule has 1 aliphatic rings. The molecule has 1 amide bonds. The minimum atomic E-state index is -0.292. The van der Waals surface area contributed by atoms with Crippen molar-refractivity contribution >= 4 is 11.7 Å². The van der Waals surface area contributed by atoms with Crippen LogP contribution in [0.1, 0.15) is 42.6 Å². The Morgan fingerprint density at radius 3 is 2.29 bits per heavy atom. The van der Waals surface area contributed by atoms with Crippen LogP contribution < -0.4 is 0 Å². The first-order valence-electron chi connectivity index (χ1n) is 8.76. The van der Waals surface area contributed by atoms with Crippen molar-refractivity contribution in [3.05, 3.63) is 35.1 Å². The minimum absolute atomic E-state index is 0.00197. The van der Waals surface area contributed by atoms with Gasteiger partial charge in [-0.15, -0.1) is 0 Å². The molecule has 1 aromatic carbocycles. The van der Waals surface area contributed by atoms with E-state index in [0.29, 0.717) is 43.9 Å². The third-order valence-electron chi connectivity index (χ3n) is 4.87. The summed E-state index contributed by atoms with van der Waals surface area (Å²) < 4.78 is 13.3. The summed E-state index contributed by atoms with van der Waals surface area (Å²) in [5.41, 5.74) is 1.03. The van der Waals surface area contributed by atoms with E-state index in [0.717, 1.165) is 12.8 Å². The zero-order valence-corrected chi connectivity index (χ0v) is 14.8. The van der Waals surface area contributed by atoms with E-state index in [1.54, 1.807) is 13.0 Å². The molecule has 0 aromatic heterocycles. The van der Waals surface area contributed by atoms with Gasteiger partial charge in [-0.2, -0.15) is 0 Å². The van der Waals surface area contributed by atoms with Gasteiger partial charge in [-0.25, -0.2) is 4.39 Å². The van der Waals surface area contributed by atoms with Gasteiger partial charge in [-0.3, -0.25) is 14.5 Å². The fraction of sp³-hybridized carbons (Fsp3) is 0.579. The van der Waals surface area contributed by atoms with E-state index >= 15 is 0 Å². The van der Waals surface area contributed by atoms with E-state index in [1.807, 2.05) is 18.7 Å². The quantitative estimate of drug-likeness (QED) is 0.751.